The number of allylic oxidation sites excluding steroid dienone is 8. The number of hydrogen-bond acceptors (Lipinski definition) is 0. The van der Waals surface area contributed by atoms with Crippen LogP contribution in [-0.2, 0) is 26.2 Å². The van der Waals surface area contributed by atoms with Gasteiger partial charge >= 0.3 is 149 Å². The van der Waals surface area contributed by atoms with Crippen molar-refractivity contribution in [2.24, 2.45) is 0 Å². The van der Waals surface area contributed by atoms with Crippen LogP contribution in [-0.4, -0.2) is 36.8 Å². The Morgan fingerprint density at radius 1 is 0.737 bits per heavy atom. The summed E-state index contributed by atoms with van der Waals surface area (Å²) >= 11 is -3.35. The van der Waals surface area contributed by atoms with Crippen LogP contribution >= 0.6 is 0 Å². The molecule has 0 saturated heterocycles. The summed E-state index contributed by atoms with van der Waals surface area (Å²) in [5.41, 5.74) is 0. The fraction of sp³-hybridized carbons (Fsp3) is 0.500. The molecule has 0 amide bonds. The Labute approximate surface area is 147 Å². The Morgan fingerprint density at radius 2 is 1.05 bits per heavy atom. The first kappa shape index (κ1) is 20.4. The van der Waals surface area contributed by atoms with E-state index in [0.29, 0.717) is 0 Å². The molecule has 0 radical (unpaired) electrons. The van der Waals surface area contributed by atoms with Gasteiger partial charge in [0.15, 0.2) is 0 Å². The third kappa shape index (κ3) is 7.85. The van der Waals surface area contributed by atoms with Crippen LogP contribution in [0.1, 0.15) is 12.8 Å². The first-order valence-electron chi connectivity index (χ1n) is 6.77. The maximum atomic E-state index is 3.40. The molecule has 2 aliphatic rings. The van der Waals surface area contributed by atoms with Crippen LogP contribution in [0.25, 0.3) is 0 Å². The summed E-state index contributed by atoms with van der Waals surface area (Å²) in [6.07, 6.45) is 17.8. The first-order valence-corrected chi connectivity index (χ1v) is 26.7. The van der Waals surface area contributed by atoms with Crippen LogP contribution < -0.4 is 0 Å². The fourth-order valence-corrected chi connectivity index (χ4v) is 8.98. The molecular formula is C16H26Sn2Zr. The second-order valence-electron chi connectivity index (χ2n) is 6.89. The van der Waals surface area contributed by atoms with Gasteiger partial charge in [-0.15, -0.1) is 0 Å². The van der Waals surface area contributed by atoms with Gasteiger partial charge in [-0.3, -0.25) is 0 Å². The van der Waals surface area contributed by atoms with E-state index in [-0.39, 0.29) is 26.2 Å². The van der Waals surface area contributed by atoms with Crippen molar-refractivity contribution in [3.8, 4) is 0 Å². The van der Waals surface area contributed by atoms with Crippen LogP contribution in [0.2, 0.25) is 29.6 Å². The van der Waals surface area contributed by atoms with E-state index in [0.717, 1.165) is 12.8 Å². The molecule has 19 heavy (non-hydrogen) atoms. The number of rotatable bonds is 2. The van der Waals surface area contributed by atoms with Crippen molar-refractivity contribution in [3.63, 3.8) is 0 Å². The van der Waals surface area contributed by atoms with Gasteiger partial charge in [0, 0.05) is 0 Å². The van der Waals surface area contributed by atoms with Crippen molar-refractivity contribution in [2.75, 3.05) is 0 Å². The van der Waals surface area contributed by atoms with E-state index in [1.165, 1.54) is 0 Å². The molecule has 0 aromatic heterocycles. The first-order chi connectivity index (χ1) is 8.21. The van der Waals surface area contributed by atoms with Crippen LogP contribution in [0.5, 0.6) is 0 Å². The van der Waals surface area contributed by atoms with Gasteiger partial charge in [-0.1, -0.05) is 0 Å². The van der Waals surface area contributed by atoms with Gasteiger partial charge in [0.2, 0.25) is 0 Å². The summed E-state index contributed by atoms with van der Waals surface area (Å²) in [4.78, 5) is 14.5. The van der Waals surface area contributed by atoms with E-state index in [9.17, 15) is 0 Å². The van der Waals surface area contributed by atoms with Gasteiger partial charge in [0.05, 0.1) is 0 Å². The molecule has 2 aliphatic carbocycles. The molecular weight excluding hydrogens is 521 g/mol. The monoisotopic (exact) mass is 548 g/mol. The quantitative estimate of drug-likeness (QED) is 0.334. The second kappa shape index (κ2) is 8.78. The standard InChI is InChI=1S/2C5H4.6CH3.2Sn.Zr/c2*1-2-4-5-3-1;;;;;;;;;/h2*1-2H,3H2;6*1H3;;;/q2*-1;;;;;;;;;+2. The van der Waals surface area contributed by atoms with Crippen LogP contribution in [0.3, 0.4) is 0 Å². The Morgan fingerprint density at radius 3 is 1.16 bits per heavy atom. The fourth-order valence-electron chi connectivity index (χ4n) is 1.84. The topological polar surface area (TPSA) is 0 Å². The van der Waals surface area contributed by atoms with Crippen LogP contribution in [0, 0.1) is 12.2 Å². The minimum atomic E-state index is -1.67. The van der Waals surface area contributed by atoms with E-state index in [4.69, 9.17) is 0 Å². The van der Waals surface area contributed by atoms with Crippen molar-refractivity contribution in [3.05, 3.63) is 43.6 Å². The molecule has 0 N–H and O–H groups in total. The summed E-state index contributed by atoms with van der Waals surface area (Å²) in [5, 5.41) is 0. The molecule has 2 rings (SSSR count). The van der Waals surface area contributed by atoms with Gasteiger partial charge in [-0.25, -0.2) is 0 Å². The second-order valence-corrected chi connectivity index (χ2v) is 35.7. The van der Waals surface area contributed by atoms with Crippen LogP contribution in [0.15, 0.2) is 31.5 Å². The molecule has 3 heteroatoms. The summed E-state index contributed by atoms with van der Waals surface area (Å²) in [6.45, 7) is 0. The normalized spacial score (nSPS) is 17.4. The average molecular weight is 547 g/mol. The SMILES string of the molecule is [CH3][Sn]([CH3])([CH3])[C]1=[C-]CC=C1.[CH3][Sn]([CH3])([CH3])[C]1=[C-]CC=C1.[Zr+2]. The van der Waals surface area contributed by atoms with Crippen molar-refractivity contribution in [1.82, 2.24) is 0 Å². The zero-order valence-corrected chi connectivity index (χ0v) is 21.4. The Hall–Kier alpha value is 1.44. The maximum absolute atomic E-state index is 3.40. The summed E-state index contributed by atoms with van der Waals surface area (Å²) in [7, 11) is 0. The zero-order chi connectivity index (χ0) is 13.8. The minimum Gasteiger partial charge on any atom is 2.00 e. The molecule has 0 spiro atoms. The molecule has 0 aromatic rings. The Balaban J connectivity index is 0.000000324. The molecule has 0 aromatic carbocycles. The molecule has 0 atom stereocenters. The van der Waals surface area contributed by atoms with Crippen LogP contribution in [0.4, 0.5) is 0 Å². The molecule has 0 heterocycles. The zero-order valence-electron chi connectivity index (χ0n) is 13.2. The van der Waals surface area contributed by atoms with E-state index < -0.39 is 36.8 Å². The molecule has 0 saturated carbocycles. The van der Waals surface area contributed by atoms with Gasteiger partial charge in [0.25, 0.3) is 0 Å². The summed E-state index contributed by atoms with van der Waals surface area (Å²) < 4.78 is 3.12. The maximum Gasteiger partial charge on any atom is 2.00 e. The van der Waals surface area contributed by atoms with E-state index in [2.05, 4.69) is 66.1 Å². The number of hydrogen-bond donors (Lipinski definition) is 0. The minimum absolute atomic E-state index is 0. The molecule has 0 nitrogen and oxygen atoms in total. The van der Waals surface area contributed by atoms with E-state index in [1.54, 1.807) is 7.18 Å². The summed E-state index contributed by atoms with van der Waals surface area (Å²) in [6, 6.07) is 0. The van der Waals surface area contributed by atoms with Crippen molar-refractivity contribution in [2.45, 2.75) is 42.5 Å². The smallest absolute Gasteiger partial charge is 2.00 e. The van der Waals surface area contributed by atoms with Crippen molar-refractivity contribution in [1.29, 1.82) is 0 Å². The predicted molar refractivity (Wildman–Crippen MR) is 87.7 cm³/mol. The van der Waals surface area contributed by atoms with E-state index >= 15 is 0 Å². The van der Waals surface area contributed by atoms with Gasteiger partial charge in [0.1, 0.15) is 0 Å². The third-order valence-corrected chi connectivity index (χ3v) is 14.2. The van der Waals surface area contributed by atoms with E-state index in [1.807, 2.05) is 0 Å². The van der Waals surface area contributed by atoms with Gasteiger partial charge in [-0.2, -0.15) is 0 Å². The molecule has 0 fully saturated rings. The van der Waals surface area contributed by atoms with Crippen molar-refractivity contribution >= 4 is 36.8 Å². The predicted octanol–water partition coefficient (Wildman–Crippen LogP) is 5.10. The average Bonchev–Trinajstić information content (AvgIpc) is 2.91. The Bertz CT molecular complexity index is 361. The Kier molecular flexibility index (Phi) is 9.45. The molecule has 0 bridgehead atoms. The van der Waals surface area contributed by atoms with Gasteiger partial charge < -0.3 is 0 Å². The molecule has 0 aliphatic heterocycles. The van der Waals surface area contributed by atoms with Gasteiger partial charge in [-0.05, 0) is 0 Å². The largest absolute Gasteiger partial charge is 2.00 e. The third-order valence-electron chi connectivity index (χ3n) is 3.01. The molecule has 0 unspecified atom stereocenters. The summed E-state index contributed by atoms with van der Waals surface area (Å²) in [5.74, 6) is 0. The van der Waals surface area contributed by atoms with Crippen molar-refractivity contribution < 1.29 is 26.2 Å². The molecule has 102 valence electrons.